The molecule has 0 saturated carbocycles. The molecular weight excluding hydrogens is 334 g/mol. The van der Waals surface area contributed by atoms with E-state index in [0.29, 0.717) is 5.69 Å². The van der Waals surface area contributed by atoms with Gasteiger partial charge in [0.1, 0.15) is 0 Å². The fourth-order valence-electron chi connectivity index (χ4n) is 2.62. The van der Waals surface area contributed by atoms with E-state index in [1.807, 2.05) is 0 Å². The van der Waals surface area contributed by atoms with Crippen molar-refractivity contribution < 1.29 is 13.3 Å². The summed E-state index contributed by atoms with van der Waals surface area (Å²) in [6, 6.07) is 4.99. The lowest BCUT2D eigenvalue weighted by molar-refractivity contribution is -0.384. The second-order valence-corrected chi connectivity index (χ2v) is 7.23. The summed E-state index contributed by atoms with van der Waals surface area (Å²) in [4.78, 5) is 10.0. The molecule has 9 nitrogen and oxygen atoms in total. The molecule has 2 heterocycles. The molecule has 10 heteroatoms. The Morgan fingerprint density at radius 3 is 2.54 bits per heavy atom. The van der Waals surface area contributed by atoms with Gasteiger partial charge in [-0.25, -0.2) is 8.42 Å². The van der Waals surface area contributed by atoms with Crippen molar-refractivity contribution in [3.05, 3.63) is 46.8 Å². The number of benzene rings is 1. The summed E-state index contributed by atoms with van der Waals surface area (Å²) in [5.41, 5.74) is 0.208. The molecule has 0 atom stereocenters. The lowest BCUT2D eigenvalue weighted by atomic mass is 10.1. The molecule has 0 aliphatic carbocycles. The predicted molar refractivity (Wildman–Crippen MR) is 87.3 cm³/mol. The molecule has 24 heavy (non-hydrogen) atoms. The predicted octanol–water partition coefficient (Wildman–Crippen LogP) is 1.52. The van der Waals surface area contributed by atoms with Crippen LogP contribution in [0.4, 0.5) is 11.4 Å². The van der Waals surface area contributed by atoms with E-state index in [1.165, 1.54) is 18.3 Å². The summed E-state index contributed by atoms with van der Waals surface area (Å²) in [5, 5.41) is 18.1. The molecule has 1 aromatic carbocycles. The summed E-state index contributed by atoms with van der Waals surface area (Å²) in [6.07, 6.45) is 5.01. The van der Waals surface area contributed by atoms with E-state index in [0.717, 1.165) is 38.1 Å². The first-order valence-electron chi connectivity index (χ1n) is 7.48. The third kappa shape index (κ3) is 3.54. The molecular formula is C14H17N5O4S. The first kappa shape index (κ1) is 16.4. The second kappa shape index (κ2) is 6.57. The third-order valence-electron chi connectivity index (χ3n) is 3.89. The van der Waals surface area contributed by atoms with Crippen LogP contribution in [-0.4, -0.2) is 36.2 Å². The van der Waals surface area contributed by atoms with Crippen LogP contribution in [-0.2, 0) is 10.0 Å². The number of nitro benzene ring substituents is 1. The monoisotopic (exact) mass is 351 g/mol. The average molecular weight is 351 g/mol. The Morgan fingerprint density at radius 1 is 1.25 bits per heavy atom. The fraction of sp³-hybridized carbons (Fsp3) is 0.357. The highest BCUT2D eigenvalue weighted by molar-refractivity contribution is 7.92. The normalized spacial score (nSPS) is 16.0. The van der Waals surface area contributed by atoms with Crippen LogP contribution in [0, 0.1) is 10.1 Å². The van der Waals surface area contributed by atoms with Gasteiger partial charge < -0.3 is 5.32 Å². The first-order valence-corrected chi connectivity index (χ1v) is 8.96. The van der Waals surface area contributed by atoms with Crippen molar-refractivity contribution in [1.82, 2.24) is 15.1 Å². The van der Waals surface area contributed by atoms with Gasteiger partial charge >= 0.3 is 0 Å². The summed E-state index contributed by atoms with van der Waals surface area (Å²) in [5.74, 6) is 0. The van der Waals surface area contributed by atoms with E-state index < -0.39 is 14.9 Å². The minimum absolute atomic E-state index is 0.0392. The van der Waals surface area contributed by atoms with Crippen LogP contribution in [0.2, 0.25) is 0 Å². The molecule has 1 aromatic heterocycles. The molecule has 0 unspecified atom stereocenters. The topological polar surface area (TPSA) is 119 Å². The van der Waals surface area contributed by atoms with E-state index in [-0.39, 0.29) is 16.6 Å². The van der Waals surface area contributed by atoms with Crippen molar-refractivity contribution >= 4 is 21.4 Å². The van der Waals surface area contributed by atoms with Crippen LogP contribution >= 0.6 is 0 Å². The van der Waals surface area contributed by atoms with Crippen molar-refractivity contribution in [2.75, 3.05) is 17.8 Å². The van der Waals surface area contributed by atoms with Crippen molar-refractivity contribution in [3.63, 3.8) is 0 Å². The molecule has 2 N–H and O–H groups in total. The van der Waals surface area contributed by atoms with E-state index in [9.17, 15) is 18.5 Å². The molecule has 3 rings (SSSR count). The largest absolute Gasteiger partial charge is 0.317 e. The lowest BCUT2D eigenvalue weighted by Gasteiger charge is -2.22. The summed E-state index contributed by atoms with van der Waals surface area (Å²) >= 11 is 0. The first-order chi connectivity index (χ1) is 11.5. The molecule has 128 valence electrons. The molecule has 0 amide bonds. The minimum atomic E-state index is -3.81. The molecule has 2 aromatic rings. The number of hydrogen-bond donors (Lipinski definition) is 2. The van der Waals surface area contributed by atoms with Gasteiger partial charge in [-0.1, -0.05) is 0 Å². The molecule has 0 radical (unpaired) electrons. The summed E-state index contributed by atoms with van der Waals surface area (Å²) in [7, 11) is -3.81. The average Bonchev–Trinajstić information content (AvgIpc) is 3.03. The number of piperidine rings is 1. The van der Waals surface area contributed by atoms with E-state index in [2.05, 4.69) is 15.1 Å². The maximum Gasteiger partial charge on any atom is 0.269 e. The smallest absolute Gasteiger partial charge is 0.269 e. The summed E-state index contributed by atoms with van der Waals surface area (Å²) in [6.45, 7) is 1.82. The quantitative estimate of drug-likeness (QED) is 0.622. The van der Waals surface area contributed by atoms with Gasteiger partial charge in [-0.2, -0.15) is 5.10 Å². The van der Waals surface area contributed by atoms with Gasteiger partial charge in [-0.15, -0.1) is 0 Å². The molecule has 1 aliphatic heterocycles. The van der Waals surface area contributed by atoms with Gasteiger partial charge in [0.05, 0.1) is 27.7 Å². The van der Waals surface area contributed by atoms with Crippen LogP contribution in [0.5, 0.6) is 0 Å². The van der Waals surface area contributed by atoms with Gasteiger partial charge in [-0.3, -0.25) is 19.5 Å². The Bertz CT molecular complexity index is 825. The van der Waals surface area contributed by atoms with Gasteiger partial charge in [0, 0.05) is 18.3 Å². The van der Waals surface area contributed by atoms with Crippen LogP contribution in [0.25, 0.3) is 0 Å². The van der Waals surface area contributed by atoms with Gasteiger partial charge in [-0.05, 0) is 38.1 Å². The Labute approximate surface area is 138 Å². The fourth-order valence-corrected chi connectivity index (χ4v) is 3.65. The maximum absolute atomic E-state index is 12.3. The Hall–Kier alpha value is -2.46. The van der Waals surface area contributed by atoms with Gasteiger partial charge in [0.15, 0.2) is 0 Å². The lowest BCUT2D eigenvalue weighted by Crippen LogP contribution is -2.29. The highest BCUT2D eigenvalue weighted by atomic mass is 32.2. The number of hydrogen-bond acceptors (Lipinski definition) is 6. The highest BCUT2D eigenvalue weighted by Gasteiger charge is 2.19. The molecule has 1 saturated heterocycles. The SMILES string of the molecule is O=[N+]([O-])c1ccc(S(=O)(=O)Nc2cnn(C3CCNCC3)c2)cc1. The van der Waals surface area contributed by atoms with Crippen LogP contribution in [0.1, 0.15) is 18.9 Å². The van der Waals surface area contributed by atoms with Crippen molar-refractivity contribution in [2.45, 2.75) is 23.8 Å². The number of nitrogens with one attached hydrogen (secondary N) is 2. The second-order valence-electron chi connectivity index (χ2n) is 5.55. The molecule has 0 spiro atoms. The number of non-ortho nitro benzene ring substituents is 1. The van der Waals surface area contributed by atoms with Crippen molar-refractivity contribution in [3.8, 4) is 0 Å². The van der Waals surface area contributed by atoms with Crippen LogP contribution in [0.15, 0.2) is 41.6 Å². The molecule has 0 bridgehead atoms. The number of sulfonamides is 1. The zero-order chi connectivity index (χ0) is 17.2. The Kier molecular flexibility index (Phi) is 4.49. The Morgan fingerprint density at radius 2 is 1.92 bits per heavy atom. The number of nitrogens with zero attached hydrogens (tertiary/aromatic N) is 3. The van der Waals surface area contributed by atoms with Crippen molar-refractivity contribution in [2.24, 2.45) is 0 Å². The van der Waals surface area contributed by atoms with Gasteiger partial charge in [0.2, 0.25) is 0 Å². The number of aromatic nitrogens is 2. The zero-order valence-corrected chi connectivity index (χ0v) is 13.6. The van der Waals surface area contributed by atoms with E-state index >= 15 is 0 Å². The number of rotatable bonds is 5. The standard InChI is InChI=1S/C14H17N5O4S/c20-19(21)13-1-3-14(4-2-13)24(22,23)17-11-9-16-18(10-11)12-5-7-15-8-6-12/h1-4,9-10,12,15,17H,5-8H2. The highest BCUT2D eigenvalue weighted by Crippen LogP contribution is 2.22. The van der Waals surface area contributed by atoms with E-state index in [4.69, 9.17) is 0 Å². The van der Waals surface area contributed by atoms with Crippen LogP contribution < -0.4 is 10.0 Å². The van der Waals surface area contributed by atoms with Crippen molar-refractivity contribution in [1.29, 1.82) is 0 Å². The molecule has 1 aliphatic rings. The summed E-state index contributed by atoms with van der Waals surface area (Å²) < 4.78 is 28.9. The molecule has 1 fully saturated rings. The van der Waals surface area contributed by atoms with Crippen LogP contribution in [0.3, 0.4) is 0 Å². The number of nitro groups is 1. The minimum Gasteiger partial charge on any atom is -0.317 e. The Balaban J connectivity index is 1.74. The third-order valence-corrected chi connectivity index (χ3v) is 5.29. The van der Waals surface area contributed by atoms with Gasteiger partial charge in [0.25, 0.3) is 15.7 Å². The number of anilines is 1. The maximum atomic E-state index is 12.3. The zero-order valence-electron chi connectivity index (χ0n) is 12.8. The van der Waals surface area contributed by atoms with E-state index in [1.54, 1.807) is 10.9 Å².